The number of fused-ring (bicyclic) bond motifs is 3. The Labute approximate surface area is 144 Å². The smallest absolute Gasteiger partial charge is 0.297 e. The standard InChI is InChI=1S/C19H17N5O/c1-23(2)19-22-15-9-13-14(10-17(15)25-19)20-11-21-18(13)24-8-7-12-5-3-4-6-16(12)24/h3-6,9-11H,7-8H2,1-2H3. The number of hydrogen-bond acceptors (Lipinski definition) is 6. The molecule has 4 aromatic rings. The minimum atomic E-state index is 0.589. The summed E-state index contributed by atoms with van der Waals surface area (Å²) in [5.41, 5.74) is 4.99. The lowest BCUT2D eigenvalue weighted by atomic mass is 10.1. The van der Waals surface area contributed by atoms with Crippen LogP contribution in [-0.2, 0) is 6.42 Å². The second kappa shape index (κ2) is 5.17. The van der Waals surface area contributed by atoms with Crippen molar-refractivity contribution in [3.05, 3.63) is 48.3 Å². The van der Waals surface area contributed by atoms with Crippen LogP contribution in [0.25, 0.3) is 22.0 Å². The highest BCUT2D eigenvalue weighted by Crippen LogP contribution is 2.37. The maximum absolute atomic E-state index is 5.80. The van der Waals surface area contributed by atoms with Crippen LogP contribution in [0.3, 0.4) is 0 Å². The van der Waals surface area contributed by atoms with Crippen molar-refractivity contribution in [2.24, 2.45) is 0 Å². The molecule has 2 aromatic heterocycles. The third-order valence-corrected chi connectivity index (χ3v) is 4.64. The molecule has 0 saturated carbocycles. The van der Waals surface area contributed by atoms with E-state index in [1.165, 1.54) is 11.3 Å². The lowest BCUT2D eigenvalue weighted by Crippen LogP contribution is -2.15. The maximum atomic E-state index is 5.80. The molecule has 0 N–H and O–H groups in total. The zero-order chi connectivity index (χ0) is 17.0. The van der Waals surface area contributed by atoms with E-state index in [0.29, 0.717) is 6.01 Å². The summed E-state index contributed by atoms with van der Waals surface area (Å²) in [7, 11) is 3.83. The van der Waals surface area contributed by atoms with Gasteiger partial charge in [-0.15, -0.1) is 0 Å². The number of benzene rings is 2. The number of nitrogens with zero attached hydrogens (tertiary/aromatic N) is 5. The Kier molecular flexibility index (Phi) is 2.94. The van der Waals surface area contributed by atoms with Crippen LogP contribution in [0.1, 0.15) is 5.56 Å². The van der Waals surface area contributed by atoms with Crippen molar-refractivity contribution in [2.45, 2.75) is 6.42 Å². The van der Waals surface area contributed by atoms with Gasteiger partial charge in [-0.05, 0) is 24.1 Å². The fourth-order valence-electron chi connectivity index (χ4n) is 3.42. The van der Waals surface area contributed by atoms with E-state index in [1.54, 1.807) is 6.33 Å². The number of oxazole rings is 1. The molecule has 0 amide bonds. The van der Waals surface area contributed by atoms with Gasteiger partial charge in [-0.1, -0.05) is 18.2 Å². The Morgan fingerprint density at radius 3 is 2.84 bits per heavy atom. The summed E-state index contributed by atoms with van der Waals surface area (Å²) in [6, 6.07) is 13.0. The molecule has 124 valence electrons. The number of aromatic nitrogens is 3. The maximum Gasteiger partial charge on any atom is 0.297 e. The molecule has 6 heteroatoms. The van der Waals surface area contributed by atoms with Crippen LogP contribution in [0.15, 0.2) is 47.1 Å². The minimum Gasteiger partial charge on any atom is -0.423 e. The molecule has 0 spiro atoms. The molecule has 0 fully saturated rings. The summed E-state index contributed by atoms with van der Waals surface area (Å²) in [6.07, 6.45) is 2.65. The van der Waals surface area contributed by atoms with Gasteiger partial charge in [-0.3, -0.25) is 0 Å². The quantitative estimate of drug-likeness (QED) is 0.560. The number of anilines is 3. The Hall–Kier alpha value is -3.15. The third-order valence-electron chi connectivity index (χ3n) is 4.64. The summed E-state index contributed by atoms with van der Waals surface area (Å²) in [4.78, 5) is 17.7. The first-order valence-electron chi connectivity index (χ1n) is 8.29. The van der Waals surface area contributed by atoms with Crippen molar-refractivity contribution in [1.82, 2.24) is 15.0 Å². The molecular weight excluding hydrogens is 314 g/mol. The summed E-state index contributed by atoms with van der Waals surface area (Å²) in [5, 5.41) is 0.991. The van der Waals surface area contributed by atoms with Crippen molar-refractivity contribution in [3.8, 4) is 0 Å². The van der Waals surface area contributed by atoms with Crippen molar-refractivity contribution in [2.75, 3.05) is 30.4 Å². The highest BCUT2D eigenvalue weighted by molar-refractivity contribution is 5.99. The van der Waals surface area contributed by atoms with Crippen LogP contribution in [0.4, 0.5) is 17.5 Å². The molecule has 0 saturated heterocycles. The Morgan fingerprint density at radius 1 is 1.08 bits per heavy atom. The zero-order valence-corrected chi connectivity index (χ0v) is 14.1. The van der Waals surface area contributed by atoms with Crippen molar-refractivity contribution < 1.29 is 4.42 Å². The van der Waals surface area contributed by atoms with Gasteiger partial charge in [0.15, 0.2) is 5.58 Å². The van der Waals surface area contributed by atoms with Crippen molar-refractivity contribution in [3.63, 3.8) is 0 Å². The largest absolute Gasteiger partial charge is 0.423 e. The molecule has 0 unspecified atom stereocenters. The highest BCUT2D eigenvalue weighted by atomic mass is 16.4. The van der Waals surface area contributed by atoms with Gasteiger partial charge in [0.2, 0.25) is 0 Å². The Morgan fingerprint density at radius 2 is 1.96 bits per heavy atom. The first-order chi connectivity index (χ1) is 12.2. The van der Waals surface area contributed by atoms with E-state index >= 15 is 0 Å². The van der Waals surface area contributed by atoms with Gasteiger partial charge in [0.1, 0.15) is 17.7 Å². The lowest BCUT2D eigenvalue weighted by molar-refractivity contribution is 0.597. The normalized spacial score (nSPS) is 13.6. The van der Waals surface area contributed by atoms with Gasteiger partial charge in [0, 0.05) is 37.8 Å². The van der Waals surface area contributed by atoms with E-state index in [-0.39, 0.29) is 0 Å². The van der Waals surface area contributed by atoms with Crippen LogP contribution >= 0.6 is 0 Å². The molecule has 25 heavy (non-hydrogen) atoms. The third kappa shape index (κ3) is 2.14. The van der Waals surface area contributed by atoms with Gasteiger partial charge in [-0.25, -0.2) is 9.97 Å². The molecule has 5 rings (SSSR count). The second-order valence-electron chi connectivity index (χ2n) is 6.46. The SMILES string of the molecule is CN(C)c1nc2cc3c(N4CCc5ccccc54)ncnc3cc2o1. The average Bonchev–Trinajstić information content (AvgIpc) is 3.23. The van der Waals surface area contributed by atoms with E-state index in [1.807, 2.05) is 31.1 Å². The predicted molar refractivity (Wildman–Crippen MR) is 98.6 cm³/mol. The first kappa shape index (κ1) is 14.2. The summed E-state index contributed by atoms with van der Waals surface area (Å²) >= 11 is 0. The van der Waals surface area contributed by atoms with Crippen LogP contribution in [0.2, 0.25) is 0 Å². The molecule has 0 atom stereocenters. The zero-order valence-electron chi connectivity index (χ0n) is 14.1. The molecular formula is C19H17N5O. The topological polar surface area (TPSA) is 58.3 Å². The predicted octanol–water partition coefficient (Wildman–Crippen LogP) is 3.53. The lowest BCUT2D eigenvalue weighted by Gasteiger charge is -2.19. The van der Waals surface area contributed by atoms with E-state index in [4.69, 9.17) is 4.42 Å². The molecule has 1 aliphatic rings. The molecule has 2 aromatic carbocycles. The van der Waals surface area contributed by atoms with Gasteiger partial charge in [-0.2, -0.15) is 4.98 Å². The van der Waals surface area contributed by atoms with Gasteiger partial charge in [0.25, 0.3) is 6.01 Å². The number of para-hydroxylation sites is 1. The van der Waals surface area contributed by atoms with Gasteiger partial charge < -0.3 is 14.2 Å². The van der Waals surface area contributed by atoms with Gasteiger partial charge >= 0.3 is 0 Å². The molecule has 1 aliphatic heterocycles. The van der Waals surface area contributed by atoms with Crippen LogP contribution in [-0.4, -0.2) is 35.6 Å². The Balaban J connectivity index is 1.72. The number of hydrogen-bond donors (Lipinski definition) is 0. The highest BCUT2D eigenvalue weighted by Gasteiger charge is 2.23. The van der Waals surface area contributed by atoms with E-state index in [0.717, 1.165) is 40.8 Å². The van der Waals surface area contributed by atoms with E-state index < -0.39 is 0 Å². The van der Waals surface area contributed by atoms with Crippen LogP contribution in [0, 0.1) is 0 Å². The molecule has 0 bridgehead atoms. The van der Waals surface area contributed by atoms with E-state index in [9.17, 15) is 0 Å². The fourth-order valence-corrected chi connectivity index (χ4v) is 3.42. The van der Waals surface area contributed by atoms with Crippen molar-refractivity contribution >= 4 is 39.5 Å². The van der Waals surface area contributed by atoms with Crippen LogP contribution < -0.4 is 9.80 Å². The van der Waals surface area contributed by atoms with Gasteiger partial charge in [0.05, 0.1) is 5.52 Å². The average molecular weight is 331 g/mol. The number of rotatable bonds is 2. The molecule has 3 heterocycles. The van der Waals surface area contributed by atoms with E-state index in [2.05, 4.69) is 44.1 Å². The van der Waals surface area contributed by atoms with Crippen LogP contribution in [0.5, 0.6) is 0 Å². The second-order valence-corrected chi connectivity index (χ2v) is 6.46. The Bertz CT molecular complexity index is 1100. The summed E-state index contributed by atoms with van der Waals surface area (Å²) in [6.45, 7) is 0.922. The summed E-state index contributed by atoms with van der Waals surface area (Å²) in [5.74, 6) is 0.922. The molecule has 0 aliphatic carbocycles. The monoisotopic (exact) mass is 331 g/mol. The summed E-state index contributed by atoms with van der Waals surface area (Å²) < 4.78 is 5.80. The fraction of sp³-hybridized carbons (Fsp3) is 0.211. The molecule has 0 radical (unpaired) electrons. The first-order valence-corrected chi connectivity index (χ1v) is 8.29. The molecule has 6 nitrogen and oxygen atoms in total. The minimum absolute atomic E-state index is 0.589. The van der Waals surface area contributed by atoms with Crippen molar-refractivity contribution in [1.29, 1.82) is 0 Å².